The summed E-state index contributed by atoms with van der Waals surface area (Å²) in [5, 5.41) is 0.690. The lowest BCUT2D eigenvalue weighted by atomic mass is 9.93. The molecule has 146 valence electrons. The molecule has 4 nitrogen and oxygen atoms in total. The van der Waals surface area contributed by atoms with Gasteiger partial charge in [0.1, 0.15) is 0 Å². The number of carbonyl (C=O) groups excluding carboxylic acids is 1. The Hall–Kier alpha value is -2.98. The quantitative estimate of drug-likeness (QED) is 0.561. The normalized spacial score (nSPS) is 15.0. The Kier molecular flexibility index (Phi) is 6.01. The van der Waals surface area contributed by atoms with E-state index in [2.05, 4.69) is 4.98 Å². The van der Waals surface area contributed by atoms with E-state index in [-0.39, 0.29) is 5.91 Å². The molecule has 0 aliphatic carbocycles. The van der Waals surface area contributed by atoms with Gasteiger partial charge in [0, 0.05) is 47.6 Å². The number of hydrogen-bond acceptors (Lipinski definition) is 3. The molecule has 1 aliphatic rings. The number of halogens is 1. The molecule has 0 unspecified atom stereocenters. The Balaban J connectivity index is 1.37. The second-order valence-corrected chi connectivity index (χ2v) is 7.59. The van der Waals surface area contributed by atoms with E-state index in [1.54, 1.807) is 6.08 Å². The third-order valence-corrected chi connectivity index (χ3v) is 5.47. The number of benzene rings is 2. The lowest BCUT2D eigenvalue weighted by Gasteiger charge is -2.31. The van der Waals surface area contributed by atoms with E-state index in [1.807, 2.05) is 77.8 Å². The Morgan fingerprint density at radius 3 is 2.45 bits per heavy atom. The predicted molar refractivity (Wildman–Crippen MR) is 117 cm³/mol. The van der Waals surface area contributed by atoms with E-state index in [4.69, 9.17) is 16.6 Å². The molecule has 0 radical (unpaired) electrons. The lowest BCUT2D eigenvalue weighted by molar-refractivity contribution is -0.126. The average Bonchev–Trinajstić information content (AvgIpc) is 2.79. The Morgan fingerprint density at radius 1 is 1.00 bits per heavy atom. The maximum Gasteiger partial charge on any atom is 0.246 e. The average molecular weight is 404 g/mol. The van der Waals surface area contributed by atoms with E-state index in [1.165, 1.54) is 0 Å². The van der Waals surface area contributed by atoms with Crippen LogP contribution < -0.4 is 0 Å². The monoisotopic (exact) mass is 403 g/mol. The van der Waals surface area contributed by atoms with Gasteiger partial charge in [-0.25, -0.2) is 9.97 Å². The minimum Gasteiger partial charge on any atom is -0.339 e. The molecule has 29 heavy (non-hydrogen) atoms. The second-order valence-electron chi connectivity index (χ2n) is 7.16. The number of hydrogen-bond donors (Lipinski definition) is 0. The van der Waals surface area contributed by atoms with Gasteiger partial charge in [-0.3, -0.25) is 4.79 Å². The molecule has 1 amide bonds. The molecule has 1 saturated heterocycles. The molecule has 0 N–H and O–H groups in total. The van der Waals surface area contributed by atoms with Crippen molar-refractivity contribution in [1.29, 1.82) is 0 Å². The summed E-state index contributed by atoms with van der Waals surface area (Å²) in [6.07, 6.45) is 7.12. The van der Waals surface area contributed by atoms with Crippen LogP contribution in [0.15, 0.2) is 72.9 Å². The van der Waals surface area contributed by atoms with Gasteiger partial charge in [0.25, 0.3) is 0 Å². The summed E-state index contributed by atoms with van der Waals surface area (Å²) in [4.78, 5) is 23.6. The molecule has 2 heterocycles. The molecule has 3 aromatic rings. The van der Waals surface area contributed by atoms with Gasteiger partial charge < -0.3 is 4.90 Å². The van der Waals surface area contributed by atoms with E-state index < -0.39 is 0 Å². The molecule has 0 spiro atoms. The van der Waals surface area contributed by atoms with Crippen LogP contribution in [0.25, 0.3) is 17.5 Å². The Morgan fingerprint density at radius 2 is 1.72 bits per heavy atom. The smallest absolute Gasteiger partial charge is 0.246 e. The summed E-state index contributed by atoms with van der Waals surface area (Å²) >= 11 is 5.90. The van der Waals surface area contributed by atoms with Crippen LogP contribution in [0.3, 0.4) is 0 Å². The first-order valence-electron chi connectivity index (χ1n) is 9.80. The Bertz CT molecular complexity index is 994. The van der Waals surface area contributed by atoms with Crippen molar-refractivity contribution in [3.8, 4) is 11.4 Å². The van der Waals surface area contributed by atoms with Gasteiger partial charge in [0.05, 0.1) is 0 Å². The van der Waals surface area contributed by atoms with E-state index in [0.29, 0.717) is 10.9 Å². The van der Waals surface area contributed by atoms with E-state index in [9.17, 15) is 4.79 Å². The number of carbonyl (C=O) groups is 1. The van der Waals surface area contributed by atoms with Crippen molar-refractivity contribution in [2.45, 2.75) is 18.8 Å². The summed E-state index contributed by atoms with van der Waals surface area (Å²) in [5.41, 5.74) is 3.05. The van der Waals surface area contributed by atoms with Crippen LogP contribution in [0.1, 0.15) is 30.0 Å². The summed E-state index contributed by atoms with van der Waals surface area (Å²) in [7, 11) is 0. The molecule has 4 rings (SSSR count). The highest BCUT2D eigenvalue weighted by molar-refractivity contribution is 6.30. The van der Waals surface area contributed by atoms with Crippen LogP contribution in [0.2, 0.25) is 5.02 Å². The first kappa shape index (κ1) is 19.3. The zero-order valence-electron chi connectivity index (χ0n) is 16.0. The molecule has 1 aromatic heterocycles. The molecule has 5 heteroatoms. The van der Waals surface area contributed by atoms with Crippen molar-refractivity contribution in [1.82, 2.24) is 14.9 Å². The van der Waals surface area contributed by atoms with Crippen molar-refractivity contribution in [2.24, 2.45) is 0 Å². The third kappa shape index (κ3) is 4.90. The van der Waals surface area contributed by atoms with Gasteiger partial charge in [-0.05, 0) is 42.7 Å². The van der Waals surface area contributed by atoms with Gasteiger partial charge in [-0.15, -0.1) is 0 Å². The molecule has 0 bridgehead atoms. The van der Waals surface area contributed by atoms with Gasteiger partial charge >= 0.3 is 0 Å². The van der Waals surface area contributed by atoms with E-state index >= 15 is 0 Å². The number of amides is 1. The minimum absolute atomic E-state index is 0.0473. The molecule has 1 fully saturated rings. The van der Waals surface area contributed by atoms with Crippen LogP contribution >= 0.6 is 11.6 Å². The molecular weight excluding hydrogens is 382 g/mol. The third-order valence-electron chi connectivity index (χ3n) is 5.22. The van der Waals surface area contributed by atoms with Gasteiger partial charge in [0.15, 0.2) is 5.82 Å². The first-order chi connectivity index (χ1) is 14.2. The minimum atomic E-state index is 0.0473. The highest BCUT2D eigenvalue weighted by Gasteiger charge is 2.24. The summed E-state index contributed by atoms with van der Waals surface area (Å²) in [6.45, 7) is 1.47. The SMILES string of the molecule is O=C(C=Cc1ccc(Cl)cc1)N1CCC(c2ccnc(-c3ccccc3)n2)CC1. The van der Waals surface area contributed by atoms with Crippen molar-refractivity contribution < 1.29 is 4.79 Å². The fraction of sp³-hybridized carbons (Fsp3) is 0.208. The van der Waals surface area contributed by atoms with Gasteiger partial charge in [-0.1, -0.05) is 54.1 Å². The number of piperidine rings is 1. The van der Waals surface area contributed by atoms with Crippen LogP contribution in [0.5, 0.6) is 0 Å². The summed E-state index contributed by atoms with van der Waals surface area (Å²) < 4.78 is 0. The highest BCUT2D eigenvalue weighted by Crippen LogP contribution is 2.28. The summed E-state index contributed by atoms with van der Waals surface area (Å²) in [6, 6.07) is 19.5. The molecule has 0 atom stereocenters. The maximum atomic E-state index is 12.5. The number of aromatic nitrogens is 2. The van der Waals surface area contributed by atoms with Crippen LogP contribution in [-0.2, 0) is 4.79 Å². The van der Waals surface area contributed by atoms with Crippen LogP contribution in [-0.4, -0.2) is 33.9 Å². The number of rotatable bonds is 4. The first-order valence-corrected chi connectivity index (χ1v) is 10.2. The van der Waals surface area contributed by atoms with Crippen molar-refractivity contribution in [3.05, 3.63) is 89.2 Å². The van der Waals surface area contributed by atoms with Crippen molar-refractivity contribution >= 4 is 23.6 Å². The molecular formula is C24H22ClN3O. The van der Waals surface area contributed by atoms with Gasteiger partial charge in [0.2, 0.25) is 5.91 Å². The zero-order valence-corrected chi connectivity index (χ0v) is 16.8. The zero-order chi connectivity index (χ0) is 20.1. The second kappa shape index (κ2) is 9.01. The number of nitrogens with zero attached hydrogens (tertiary/aromatic N) is 3. The van der Waals surface area contributed by atoms with Crippen LogP contribution in [0.4, 0.5) is 0 Å². The molecule has 1 aliphatic heterocycles. The fourth-order valence-corrected chi connectivity index (χ4v) is 3.69. The maximum absolute atomic E-state index is 12.5. The lowest BCUT2D eigenvalue weighted by Crippen LogP contribution is -2.37. The standard InChI is InChI=1S/C24H22ClN3O/c25-21-9-6-18(7-10-21)8-11-23(29)28-16-13-19(14-17-28)22-12-15-26-24(27-22)20-4-2-1-3-5-20/h1-12,15,19H,13-14,16-17H2. The van der Waals surface area contributed by atoms with Crippen LogP contribution in [0, 0.1) is 0 Å². The van der Waals surface area contributed by atoms with E-state index in [0.717, 1.165) is 48.6 Å². The molecule has 0 saturated carbocycles. The highest BCUT2D eigenvalue weighted by atomic mass is 35.5. The number of likely N-dealkylation sites (tertiary alicyclic amines) is 1. The van der Waals surface area contributed by atoms with Crippen molar-refractivity contribution in [2.75, 3.05) is 13.1 Å². The van der Waals surface area contributed by atoms with Gasteiger partial charge in [-0.2, -0.15) is 0 Å². The topological polar surface area (TPSA) is 46.1 Å². The fourth-order valence-electron chi connectivity index (χ4n) is 3.57. The van der Waals surface area contributed by atoms with Crippen molar-refractivity contribution in [3.63, 3.8) is 0 Å². The molecule has 2 aromatic carbocycles. The largest absolute Gasteiger partial charge is 0.339 e. The summed E-state index contributed by atoms with van der Waals surface area (Å²) in [5.74, 6) is 1.16. The predicted octanol–water partition coefficient (Wildman–Crippen LogP) is 5.22. The Labute approximate surface area is 175 Å².